The number of aliphatic hydroxyl groups excluding tert-OH is 1. The monoisotopic (exact) mass is 450 g/mol. The molecule has 170 valence electrons. The molecule has 2 aromatic rings. The number of rotatable bonds is 11. The number of carbonyl (C=O) groups is 1. The number of carbonyl (C=O) groups excluding carboxylic acids is 1. The van der Waals surface area contributed by atoms with Gasteiger partial charge in [-0.1, -0.05) is 25.1 Å². The summed E-state index contributed by atoms with van der Waals surface area (Å²) in [6, 6.07) is 7.49. The predicted molar refractivity (Wildman–Crippen MR) is 116 cm³/mol. The van der Waals surface area contributed by atoms with Gasteiger partial charge >= 0.3 is 0 Å². The van der Waals surface area contributed by atoms with Crippen molar-refractivity contribution in [1.29, 1.82) is 0 Å². The maximum atomic E-state index is 13.2. The lowest BCUT2D eigenvalue weighted by molar-refractivity contribution is 0.0219. The first-order valence-electron chi connectivity index (χ1n) is 9.94. The third kappa shape index (κ3) is 6.30. The highest BCUT2D eigenvalue weighted by molar-refractivity contribution is 7.89. The predicted octanol–water partition coefficient (Wildman–Crippen LogP) is 1.27. The zero-order chi connectivity index (χ0) is 23.0. The van der Waals surface area contributed by atoms with Crippen LogP contribution >= 0.6 is 0 Å². The zero-order valence-corrected chi connectivity index (χ0v) is 19.1. The Morgan fingerprint density at radius 3 is 2.39 bits per heavy atom. The molecule has 1 heterocycles. The number of benzene rings is 1. The Morgan fingerprint density at radius 2 is 1.84 bits per heavy atom. The molecule has 31 heavy (non-hydrogen) atoms. The third-order valence-corrected chi connectivity index (χ3v) is 7.09. The maximum Gasteiger partial charge on any atom is 0.273 e. The van der Waals surface area contributed by atoms with Crippen LogP contribution in [0.3, 0.4) is 0 Å². The largest absolute Gasteiger partial charge is 0.395 e. The summed E-state index contributed by atoms with van der Waals surface area (Å²) in [5.74, 6) is -0.575. The van der Waals surface area contributed by atoms with Crippen LogP contribution in [0.1, 0.15) is 24.3 Å². The van der Waals surface area contributed by atoms with Crippen molar-refractivity contribution < 1.29 is 23.1 Å². The van der Waals surface area contributed by atoms with Crippen molar-refractivity contribution in [2.24, 2.45) is 5.92 Å². The molecule has 1 amide bonds. The molecule has 0 unspecified atom stereocenters. The molecule has 0 aliphatic carbocycles. The molecule has 0 spiro atoms. The number of likely N-dealkylation sites (N-methyl/N-ethyl adjacent to an activating group) is 1. The minimum atomic E-state index is -3.82. The van der Waals surface area contributed by atoms with Crippen molar-refractivity contribution in [3.63, 3.8) is 0 Å². The van der Waals surface area contributed by atoms with Gasteiger partial charge in [0.1, 0.15) is 5.69 Å². The normalized spacial score (nSPS) is 14.8. The molecular formula is C21H30N4O5S. The first kappa shape index (κ1) is 24.9. The van der Waals surface area contributed by atoms with Crippen LogP contribution in [0.25, 0.3) is 0 Å². The molecule has 0 saturated heterocycles. The van der Waals surface area contributed by atoms with E-state index < -0.39 is 22.2 Å². The minimum absolute atomic E-state index is 0.116. The zero-order valence-electron chi connectivity index (χ0n) is 18.2. The van der Waals surface area contributed by atoms with Crippen LogP contribution in [0.15, 0.2) is 53.8 Å². The van der Waals surface area contributed by atoms with Gasteiger partial charge in [0.05, 0.1) is 23.8 Å². The van der Waals surface area contributed by atoms with Crippen molar-refractivity contribution in [2.45, 2.75) is 30.9 Å². The smallest absolute Gasteiger partial charge is 0.273 e. The standard InChI is InChI=1S/C21H30N4O5S/c1-16(20(30-4)14-24(3)21(27)19-12-22-10-11-23-19)13-25(17(2)15-26)31(28,29)18-8-6-5-7-9-18/h5-12,16-17,20,26H,13-15H2,1-4H3/t16-,17-,20-/m1/s1. The summed E-state index contributed by atoms with van der Waals surface area (Å²) in [6.07, 6.45) is 3.88. The number of hydrogen-bond acceptors (Lipinski definition) is 7. The molecule has 1 aromatic heterocycles. The van der Waals surface area contributed by atoms with E-state index in [0.29, 0.717) is 0 Å². The highest BCUT2D eigenvalue weighted by atomic mass is 32.2. The highest BCUT2D eigenvalue weighted by Gasteiger charge is 2.33. The second-order valence-corrected chi connectivity index (χ2v) is 9.34. The summed E-state index contributed by atoms with van der Waals surface area (Å²) < 4.78 is 33.2. The average Bonchev–Trinajstić information content (AvgIpc) is 2.80. The Kier molecular flexibility index (Phi) is 9.05. The van der Waals surface area contributed by atoms with E-state index in [1.54, 1.807) is 32.2 Å². The summed E-state index contributed by atoms with van der Waals surface area (Å²) in [4.78, 5) is 22.1. The van der Waals surface area contributed by atoms with E-state index in [9.17, 15) is 18.3 Å². The van der Waals surface area contributed by atoms with Gasteiger partial charge in [-0.3, -0.25) is 9.78 Å². The number of hydrogen-bond donors (Lipinski definition) is 1. The lowest BCUT2D eigenvalue weighted by atomic mass is 10.0. The van der Waals surface area contributed by atoms with Crippen LogP contribution in [-0.2, 0) is 14.8 Å². The molecule has 0 saturated carbocycles. The van der Waals surface area contributed by atoms with Gasteiger partial charge in [0.15, 0.2) is 0 Å². The van der Waals surface area contributed by atoms with Crippen LogP contribution in [0, 0.1) is 5.92 Å². The third-order valence-electron chi connectivity index (χ3n) is 5.09. The van der Waals surface area contributed by atoms with Crippen LogP contribution < -0.4 is 0 Å². The topological polar surface area (TPSA) is 113 Å². The summed E-state index contributed by atoms with van der Waals surface area (Å²) >= 11 is 0. The lowest BCUT2D eigenvalue weighted by Crippen LogP contribution is -2.47. The molecule has 0 aliphatic rings. The number of aromatic nitrogens is 2. The van der Waals surface area contributed by atoms with Crippen LogP contribution in [0.4, 0.5) is 0 Å². The fourth-order valence-electron chi connectivity index (χ4n) is 3.18. The van der Waals surface area contributed by atoms with Gasteiger partial charge in [0.2, 0.25) is 10.0 Å². The van der Waals surface area contributed by atoms with E-state index in [0.717, 1.165) is 0 Å². The van der Waals surface area contributed by atoms with Crippen LogP contribution in [0.5, 0.6) is 0 Å². The fraction of sp³-hybridized carbons (Fsp3) is 0.476. The van der Waals surface area contributed by atoms with E-state index in [1.807, 2.05) is 6.92 Å². The van der Waals surface area contributed by atoms with E-state index in [-0.39, 0.29) is 42.1 Å². The van der Waals surface area contributed by atoms with E-state index in [4.69, 9.17) is 4.74 Å². The van der Waals surface area contributed by atoms with E-state index >= 15 is 0 Å². The first-order valence-corrected chi connectivity index (χ1v) is 11.4. The number of aliphatic hydroxyl groups is 1. The van der Waals surface area contributed by atoms with Gasteiger partial charge in [-0.25, -0.2) is 13.4 Å². The summed E-state index contributed by atoms with van der Waals surface area (Å²) in [6.45, 7) is 3.54. The van der Waals surface area contributed by atoms with Gasteiger partial charge < -0.3 is 14.7 Å². The first-order chi connectivity index (χ1) is 14.7. The van der Waals surface area contributed by atoms with Crippen LogP contribution in [-0.4, -0.2) is 84.6 Å². The van der Waals surface area contributed by atoms with Gasteiger partial charge in [0, 0.05) is 45.7 Å². The molecule has 3 atom stereocenters. The van der Waals surface area contributed by atoms with E-state index in [2.05, 4.69) is 9.97 Å². The number of nitrogens with zero attached hydrogens (tertiary/aromatic N) is 4. The molecular weight excluding hydrogens is 420 g/mol. The molecule has 0 radical (unpaired) electrons. The van der Waals surface area contributed by atoms with Crippen molar-refractivity contribution in [3.05, 3.63) is 54.6 Å². The average molecular weight is 451 g/mol. The molecule has 0 bridgehead atoms. The Labute approximate surface area is 183 Å². The molecule has 0 fully saturated rings. The fourth-order valence-corrected chi connectivity index (χ4v) is 4.92. The second-order valence-electron chi connectivity index (χ2n) is 7.45. The summed E-state index contributed by atoms with van der Waals surface area (Å²) in [7, 11) is -0.667. The number of amides is 1. The van der Waals surface area contributed by atoms with Crippen molar-refractivity contribution in [1.82, 2.24) is 19.2 Å². The van der Waals surface area contributed by atoms with Gasteiger partial charge in [0.25, 0.3) is 5.91 Å². The Morgan fingerprint density at radius 1 is 1.16 bits per heavy atom. The maximum absolute atomic E-state index is 13.2. The minimum Gasteiger partial charge on any atom is -0.395 e. The Bertz CT molecular complexity index is 927. The Hall–Kier alpha value is -2.40. The number of ether oxygens (including phenoxy) is 1. The summed E-state index contributed by atoms with van der Waals surface area (Å²) in [5.41, 5.74) is 0.217. The van der Waals surface area contributed by atoms with Crippen molar-refractivity contribution in [3.8, 4) is 0 Å². The lowest BCUT2D eigenvalue weighted by Gasteiger charge is -2.33. The Balaban J connectivity index is 2.17. The number of sulfonamides is 1. The second kappa shape index (κ2) is 11.3. The molecule has 10 heteroatoms. The molecule has 1 N–H and O–H groups in total. The highest BCUT2D eigenvalue weighted by Crippen LogP contribution is 2.22. The molecule has 0 aliphatic heterocycles. The van der Waals surface area contributed by atoms with E-state index in [1.165, 1.54) is 47.0 Å². The quantitative estimate of drug-likeness (QED) is 0.548. The van der Waals surface area contributed by atoms with Gasteiger partial charge in [-0.2, -0.15) is 4.31 Å². The van der Waals surface area contributed by atoms with Crippen molar-refractivity contribution in [2.75, 3.05) is 33.9 Å². The summed E-state index contributed by atoms with van der Waals surface area (Å²) in [5, 5.41) is 9.67. The number of methoxy groups -OCH3 is 1. The molecule has 1 aromatic carbocycles. The van der Waals surface area contributed by atoms with Crippen molar-refractivity contribution >= 4 is 15.9 Å². The molecule has 9 nitrogen and oxygen atoms in total. The molecule has 2 rings (SSSR count). The van der Waals surface area contributed by atoms with Gasteiger partial charge in [-0.15, -0.1) is 0 Å². The van der Waals surface area contributed by atoms with Crippen LogP contribution in [0.2, 0.25) is 0 Å². The van der Waals surface area contributed by atoms with Gasteiger partial charge in [-0.05, 0) is 25.0 Å². The SMILES string of the molecule is CO[C@H](CN(C)C(=O)c1cnccn1)[C@H](C)CN([C@H](C)CO)S(=O)(=O)c1ccccc1.